The third-order valence-corrected chi connectivity index (χ3v) is 4.16. The van der Waals surface area contributed by atoms with Crippen molar-refractivity contribution in [3.63, 3.8) is 0 Å². The molecule has 0 saturated carbocycles. The quantitative estimate of drug-likeness (QED) is 0.738. The number of nitrogens with zero attached hydrogens (tertiary/aromatic N) is 1. The lowest BCUT2D eigenvalue weighted by Crippen LogP contribution is -2.44. The maximum absolute atomic E-state index is 3.66. The highest BCUT2D eigenvalue weighted by Gasteiger charge is 2.21. The number of piperidine rings is 1. The van der Waals surface area contributed by atoms with E-state index < -0.39 is 0 Å². The van der Waals surface area contributed by atoms with Crippen molar-refractivity contribution >= 4 is 0 Å². The van der Waals surface area contributed by atoms with Crippen molar-refractivity contribution < 1.29 is 0 Å². The molecule has 0 aromatic carbocycles. The van der Waals surface area contributed by atoms with Gasteiger partial charge in [0, 0.05) is 12.6 Å². The molecule has 2 aliphatic rings. The molecule has 98 valence electrons. The zero-order chi connectivity index (χ0) is 11.9. The summed E-state index contributed by atoms with van der Waals surface area (Å²) >= 11 is 0. The van der Waals surface area contributed by atoms with Gasteiger partial charge in [-0.15, -0.1) is 0 Å². The van der Waals surface area contributed by atoms with E-state index in [-0.39, 0.29) is 0 Å². The number of rotatable bonds is 5. The lowest BCUT2D eigenvalue weighted by Gasteiger charge is -2.35. The summed E-state index contributed by atoms with van der Waals surface area (Å²) in [6.07, 6.45) is 12.7. The lowest BCUT2D eigenvalue weighted by atomic mass is 9.93. The molecule has 0 aromatic heterocycles. The van der Waals surface area contributed by atoms with Crippen molar-refractivity contribution in [2.45, 2.75) is 51.5 Å². The highest BCUT2D eigenvalue weighted by molar-refractivity contribution is 4.91. The van der Waals surface area contributed by atoms with Crippen LogP contribution in [0.1, 0.15) is 45.4 Å². The molecule has 1 aliphatic carbocycles. The highest BCUT2D eigenvalue weighted by Crippen LogP contribution is 2.21. The zero-order valence-electron chi connectivity index (χ0n) is 11.3. The Labute approximate surface area is 106 Å². The second-order valence-electron chi connectivity index (χ2n) is 5.68. The molecule has 0 aromatic rings. The smallest absolute Gasteiger partial charge is 0.00914 e. The van der Waals surface area contributed by atoms with Gasteiger partial charge in [0.1, 0.15) is 0 Å². The minimum Gasteiger partial charge on any atom is -0.314 e. The summed E-state index contributed by atoms with van der Waals surface area (Å²) in [6, 6.07) is 0.789. The van der Waals surface area contributed by atoms with E-state index in [1.807, 2.05) is 0 Å². The largest absolute Gasteiger partial charge is 0.314 e. The Hall–Kier alpha value is -0.340. The summed E-state index contributed by atoms with van der Waals surface area (Å²) in [6.45, 7) is 7.39. The molecule has 1 saturated heterocycles. The summed E-state index contributed by atoms with van der Waals surface area (Å²) in [4.78, 5) is 2.69. The van der Waals surface area contributed by atoms with Crippen LogP contribution in [0.15, 0.2) is 12.2 Å². The van der Waals surface area contributed by atoms with Gasteiger partial charge in [0.2, 0.25) is 0 Å². The van der Waals surface area contributed by atoms with Gasteiger partial charge in [0.05, 0.1) is 0 Å². The summed E-state index contributed by atoms with van der Waals surface area (Å²) < 4.78 is 0. The minimum absolute atomic E-state index is 0.789. The molecular formula is C15H28N2. The maximum Gasteiger partial charge on any atom is 0.00914 e. The lowest BCUT2D eigenvalue weighted by molar-refractivity contribution is 0.168. The van der Waals surface area contributed by atoms with Crippen LogP contribution in [-0.4, -0.2) is 37.1 Å². The van der Waals surface area contributed by atoms with Crippen molar-refractivity contribution in [2.24, 2.45) is 5.92 Å². The van der Waals surface area contributed by atoms with Gasteiger partial charge in [-0.2, -0.15) is 0 Å². The molecule has 2 heteroatoms. The Morgan fingerprint density at radius 1 is 1.18 bits per heavy atom. The Kier molecular flexibility index (Phi) is 5.53. The first-order valence-electron chi connectivity index (χ1n) is 7.49. The van der Waals surface area contributed by atoms with Crippen LogP contribution in [0.5, 0.6) is 0 Å². The monoisotopic (exact) mass is 236 g/mol. The molecule has 0 spiro atoms. The summed E-state index contributed by atoms with van der Waals surface area (Å²) in [7, 11) is 0. The highest BCUT2D eigenvalue weighted by atomic mass is 15.1. The molecule has 2 rings (SSSR count). The van der Waals surface area contributed by atoms with Gasteiger partial charge in [-0.3, -0.25) is 0 Å². The molecule has 17 heavy (non-hydrogen) atoms. The predicted molar refractivity (Wildman–Crippen MR) is 74.2 cm³/mol. The van der Waals surface area contributed by atoms with Crippen LogP contribution in [0.3, 0.4) is 0 Å². The van der Waals surface area contributed by atoms with Crippen LogP contribution in [0.4, 0.5) is 0 Å². The average molecular weight is 236 g/mol. The van der Waals surface area contributed by atoms with Crippen molar-refractivity contribution in [3.8, 4) is 0 Å². The van der Waals surface area contributed by atoms with Crippen LogP contribution in [0, 0.1) is 5.92 Å². The van der Waals surface area contributed by atoms with Gasteiger partial charge in [0.15, 0.2) is 0 Å². The fourth-order valence-electron chi connectivity index (χ4n) is 3.06. The topological polar surface area (TPSA) is 15.3 Å². The average Bonchev–Trinajstić information content (AvgIpc) is 2.39. The van der Waals surface area contributed by atoms with Crippen molar-refractivity contribution in [2.75, 3.05) is 26.2 Å². The first kappa shape index (κ1) is 13.1. The Balaban J connectivity index is 1.63. The maximum atomic E-state index is 3.66. The van der Waals surface area contributed by atoms with Gasteiger partial charge < -0.3 is 10.2 Å². The van der Waals surface area contributed by atoms with Crippen LogP contribution in [-0.2, 0) is 0 Å². The molecule has 1 N–H and O–H groups in total. The predicted octanol–water partition coefficient (Wildman–Crippen LogP) is 2.81. The standard InChI is InChI=1S/C15H28N2/c1-2-10-16-15-8-11-17(12-9-15)13-14-6-4-3-5-7-14/h3-4,14-16H,2,5-13H2,1H3. The van der Waals surface area contributed by atoms with Gasteiger partial charge in [-0.1, -0.05) is 19.1 Å². The van der Waals surface area contributed by atoms with Crippen molar-refractivity contribution in [3.05, 3.63) is 12.2 Å². The van der Waals surface area contributed by atoms with Crippen molar-refractivity contribution in [1.82, 2.24) is 10.2 Å². The van der Waals surface area contributed by atoms with Gasteiger partial charge in [0.25, 0.3) is 0 Å². The SMILES string of the molecule is CCCNC1CCN(CC2CC=CCC2)CC1. The summed E-state index contributed by atoms with van der Waals surface area (Å²) in [5, 5.41) is 3.66. The molecule has 1 unspecified atom stereocenters. The Morgan fingerprint density at radius 3 is 2.65 bits per heavy atom. The Morgan fingerprint density at radius 2 is 2.00 bits per heavy atom. The molecule has 1 aliphatic heterocycles. The van der Waals surface area contributed by atoms with E-state index >= 15 is 0 Å². The van der Waals surface area contributed by atoms with E-state index in [4.69, 9.17) is 0 Å². The minimum atomic E-state index is 0.789. The fourth-order valence-corrected chi connectivity index (χ4v) is 3.06. The molecule has 0 amide bonds. The van der Waals surface area contributed by atoms with E-state index in [0.717, 1.165) is 12.0 Å². The van der Waals surface area contributed by atoms with Gasteiger partial charge in [-0.05, 0) is 64.1 Å². The van der Waals surface area contributed by atoms with E-state index in [0.29, 0.717) is 0 Å². The molecule has 0 radical (unpaired) electrons. The first-order chi connectivity index (χ1) is 8.38. The zero-order valence-corrected chi connectivity index (χ0v) is 11.3. The number of nitrogens with one attached hydrogen (secondary N) is 1. The third-order valence-electron chi connectivity index (χ3n) is 4.16. The van der Waals surface area contributed by atoms with E-state index in [2.05, 4.69) is 29.3 Å². The second kappa shape index (κ2) is 7.17. The fraction of sp³-hybridized carbons (Fsp3) is 0.867. The number of hydrogen-bond acceptors (Lipinski definition) is 2. The second-order valence-corrected chi connectivity index (χ2v) is 5.68. The summed E-state index contributed by atoms with van der Waals surface area (Å²) in [5.41, 5.74) is 0. The van der Waals surface area contributed by atoms with Crippen LogP contribution < -0.4 is 5.32 Å². The number of hydrogen-bond donors (Lipinski definition) is 1. The van der Waals surface area contributed by atoms with Crippen LogP contribution >= 0.6 is 0 Å². The first-order valence-corrected chi connectivity index (χ1v) is 7.49. The van der Waals surface area contributed by atoms with Crippen LogP contribution in [0.25, 0.3) is 0 Å². The molecular weight excluding hydrogens is 208 g/mol. The van der Waals surface area contributed by atoms with E-state index in [9.17, 15) is 0 Å². The van der Waals surface area contributed by atoms with Crippen molar-refractivity contribution in [1.29, 1.82) is 0 Å². The van der Waals surface area contributed by atoms with Crippen LogP contribution in [0.2, 0.25) is 0 Å². The number of likely N-dealkylation sites (tertiary alicyclic amines) is 1. The van der Waals surface area contributed by atoms with Gasteiger partial charge >= 0.3 is 0 Å². The third kappa shape index (κ3) is 4.44. The van der Waals surface area contributed by atoms with Gasteiger partial charge in [-0.25, -0.2) is 0 Å². The normalized spacial score (nSPS) is 27.5. The molecule has 1 atom stereocenters. The molecule has 2 nitrogen and oxygen atoms in total. The molecule has 1 heterocycles. The molecule has 1 fully saturated rings. The van der Waals surface area contributed by atoms with E-state index in [1.165, 1.54) is 64.7 Å². The summed E-state index contributed by atoms with van der Waals surface area (Å²) in [5.74, 6) is 0.931. The molecule has 0 bridgehead atoms. The Bertz CT molecular complexity index is 229. The number of allylic oxidation sites excluding steroid dienone is 2. The van der Waals surface area contributed by atoms with E-state index in [1.54, 1.807) is 0 Å².